The van der Waals surface area contributed by atoms with Crippen LogP contribution in [0, 0.1) is 0 Å². The van der Waals surface area contributed by atoms with E-state index >= 15 is 0 Å². The molecule has 1 aliphatic rings. The molecule has 1 heterocycles. The molecule has 1 aromatic carbocycles. The maximum absolute atomic E-state index is 11.5. The van der Waals surface area contributed by atoms with E-state index in [4.69, 9.17) is 9.84 Å². The van der Waals surface area contributed by atoms with Gasteiger partial charge in [0.15, 0.2) is 11.9 Å². The summed E-state index contributed by atoms with van der Waals surface area (Å²) in [6.45, 7) is 0. The summed E-state index contributed by atoms with van der Waals surface area (Å²) in [6.07, 6.45) is 1.43. The molecule has 0 aromatic heterocycles. The molecule has 1 aromatic rings. The van der Waals surface area contributed by atoms with Crippen LogP contribution in [-0.2, 0) is 20.7 Å². The second kappa shape index (κ2) is 6.13. The highest BCUT2D eigenvalue weighted by atomic mass is 16.6. The van der Waals surface area contributed by atoms with Crippen molar-refractivity contribution >= 4 is 17.8 Å². The first-order chi connectivity index (χ1) is 9.15. The van der Waals surface area contributed by atoms with Crippen molar-refractivity contribution < 1.29 is 19.4 Å². The molecule has 5 nitrogen and oxygen atoms in total. The van der Waals surface area contributed by atoms with Crippen LogP contribution in [0.3, 0.4) is 0 Å². The van der Waals surface area contributed by atoms with Gasteiger partial charge in [0, 0.05) is 12.8 Å². The Bertz CT molecular complexity index is 495. The lowest BCUT2D eigenvalue weighted by atomic mass is 10.1. The number of hydrogen-bond acceptors (Lipinski definition) is 4. The quantitative estimate of drug-likeness (QED) is 0.792. The molecular formula is C14H15NO4. The van der Waals surface area contributed by atoms with Gasteiger partial charge in [-0.2, -0.15) is 0 Å². The second-order valence-corrected chi connectivity index (χ2v) is 4.38. The molecule has 1 unspecified atom stereocenters. The maximum atomic E-state index is 11.5. The van der Waals surface area contributed by atoms with Gasteiger partial charge in [0.2, 0.25) is 0 Å². The van der Waals surface area contributed by atoms with Crippen molar-refractivity contribution in [3.8, 4) is 0 Å². The monoisotopic (exact) mass is 261 g/mol. The molecule has 1 atom stereocenters. The smallest absolute Gasteiger partial charge is 0.337 e. The topological polar surface area (TPSA) is 76.0 Å². The van der Waals surface area contributed by atoms with Crippen LogP contribution in [0.25, 0.3) is 0 Å². The van der Waals surface area contributed by atoms with Gasteiger partial charge in [0.25, 0.3) is 0 Å². The Morgan fingerprint density at radius 3 is 2.68 bits per heavy atom. The highest BCUT2D eigenvalue weighted by Crippen LogP contribution is 2.15. The molecule has 0 amide bonds. The van der Waals surface area contributed by atoms with Gasteiger partial charge in [-0.05, 0) is 18.4 Å². The zero-order chi connectivity index (χ0) is 13.7. The Labute approximate surface area is 110 Å². The van der Waals surface area contributed by atoms with Crippen molar-refractivity contribution in [2.24, 2.45) is 4.99 Å². The van der Waals surface area contributed by atoms with E-state index in [1.54, 1.807) is 0 Å². The lowest BCUT2D eigenvalue weighted by Crippen LogP contribution is -2.16. The van der Waals surface area contributed by atoms with Crippen molar-refractivity contribution in [2.45, 2.75) is 31.7 Å². The molecule has 0 bridgehead atoms. The molecule has 5 heteroatoms. The summed E-state index contributed by atoms with van der Waals surface area (Å²) >= 11 is 0. The zero-order valence-corrected chi connectivity index (χ0v) is 10.4. The lowest BCUT2D eigenvalue weighted by Gasteiger charge is -2.00. The second-order valence-electron chi connectivity index (χ2n) is 4.38. The number of esters is 1. The van der Waals surface area contributed by atoms with Gasteiger partial charge in [0.05, 0.1) is 0 Å². The van der Waals surface area contributed by atoms with Crippen molar-refractivity contribution in [1.82, 2.24) is 0 Å². The molecule has 2 rings (SSSR count). The fourth-order valence-corrected chi connectivity index (χ4v) is 1.89. The van der Waals surface area contributed by atoms with Gasteiger partial charge < -0.3 is 9.84 Å². The Balaban J connectivity index is 1.86. The van der Waals surface area contributed by atoms with E-state index in [0.29, 0.717) is 12.3 Å². The number of aliphatic carboxylic acids is 1. The van der Waals surface area contributed by atoms with Crippen molar-refractivity contribution in [3.05, 3.63) is 35.9 Å². The molecule has 0 aliphatic carbocycles. The van der Waals surface area contributed by atoms with Crippen LogP contribution in [0.2, 0.25) is 0 Å². The Kier molecular flexibility index (Phi) is 4.28. The van der Waals surface area contributed by atoms with Gasteiger partial charge >= 0.3 is 11.9 Å². The Hall–Kier alpha value is -2.17. The van der Waals surface area contributed by atoms with E-state index in [-0.39, 0.29) is 12.8 Å². The van der Waals surface area contributed by atoms with Crippen LogP contribution in [0.5, 0.6) is 0 Å². The number of hydrogen-bond donors (Lipinski definition) is 1. The van der Waals surface area contributed by atoms with Crippen LogP contribution in [0.15, 0.2) is 35.3 Å². The predicted molar refractivity (Wildman–Crippen MR) is 68.9 cm³/mol. The molecule has 0 radical (unpaired) electrons. The largest absolute Gasteiger partial charge is 0.481 e. The summed E-state index contributed by atoms with van der Waals surface area (Å²) in [5, 5.41) is 8.58. The fraction of sp³-hybridized carbons (Fsp3) is 0.357. The number of carboxylic acid groups (broad SMARTS) is 1. The van der Waals surface area contributed by atoms with Crippen molar-refractivity contribution in [3.63, 3.8) is 0 Å². The molecule has 0 fully saturated rings. The third kappa shape index (κ3) is 3.91. The number of nitrogens with zero attached hydrogens (tertiary/aromatic N) is 1. The van der Waals surface area contributed by atoms with E-state index in [1.807, 2.05) is 30.3 Å². The maximum Gasteiger partial charge on any atom is 0.337 e. The van der Waals surface area contributed by atoms with Gasteiger partial charge in [-0.15, -0.1) is 0 Å². The standard InChI is InChI=1S/C14H15NO4/c16-13(17)9-7-11-14(18)19-12(15-11)8-6-10-4-2-1-3-5-10/h1-5,11H,6-9H2,(H,16,17). The van der Waals surface area contributed by atoms with E-state index in [9.17, 15) is 9.59 Å². The number of benzene rings is 1. The summed E-state index contributed by atoms with van der Waals surface area (Å²) in [6, 6.07) is 9.19. The number of carbonyl (C=O) groups excluding carboxylic acids is 1. The molecule has 19 heavy (non-hydrogen) atoms. The molecule has 0 spiro atoms. The van der Waals surface area contributed by atoms with Gasteiger partial charge in [-0.1, -0.05) is 30.3 Å². The number of cyclic esters (lactones) is 1. The van der Waals surface area contributed by atoms with Gasteiger partial charge in [-0.25, -0.2) is 9.79 Å². The molecule has 1 N–H and O–H groups in total. The number of carboxylic acids is 1. The van der Waals surface area contributed by atoms with Crippen LogP contribution < -0.4 is 0 Å². The first-order valence-corrected chi connectivity index (χ1v) is 6.19. The van der Waals surface area contributed by atoms with E-state index < -0.39 is 18.0 Å². The zero-order valence-electron chi connectivity index (χ0n) is 10.4. The Morgan fingerprint density at radius 1 is 1.26 bits per heavy atom. The van der Waals surface area contributed by atoms with E-state index in [0.717, 1.165) is 12.0 Å². The first kappa shape index (κ1) is 13.3. The predicted octanol–water partition coefficient (Wildman–Crippen LogP) is 1.81. The number of rotatable bonds is 6. The number of aryl methyl sites for hydroxylation is 1. The molecule has 0 saturated heterocycles. The lowest BCUT2D eigenvalue weighted by molar-refractivity contribution is -0.138. The molecular weight excluding hydrogens is 246 g/mol. The van der Waals surface area contributed by atoms with Gasteiger partial charge in [0.1, 0.15) is 0 Å². The third-order valence-electron chi connectivity index (χ3n) is 2.89. The number of aliphatic imine (C=N–C) groups is 1. The number of carbonyl (C=O) groups is 2. The van der Waals surface area contributed by atoms with E-state index in [1.165, 1.54) is 0 Å². The molecule has 100 valence electrons. The highest BCUT2D eigenvalue weighted by molar-refractivity contribution is 5.97. The minimum absolute atomic E-state index is 0.0742. The average molecular weight is 261 g/mol. The third-order valence-corrected chi connectivity index (χ3v) is 2.89. The minimum atomic E-state index is -0.930. The summed E-state index contributed by atoms with van der Waals surface area (Å²) in [4.78, 5) is 26.1. The first-order valence-electron chi connectivity index (χ1n) is 6.19. The summed E-state index contributed by atoms with van der Waals surface area (Å²) in [5.74, 6) is -0.964. The summed E-state index contributed by atoms with van der Waals surface area (Å²) in [7, 11) is 0. The van der Waals surface area contributed by atoms with Crippen molar-refractivity contribution in [2.75, 3.05) is 0 Å². The van der Waals surface area contributed by atoms with Crippen LogP contribution >= 0.6 is 0 Å². The number of ether oxygens (including phenoxy) is 1. The SMILES string of the molecule is O=C(O)CCC1N=C(CCc2ccccc2)OC1=O. The minimum Gasteiger partial charge on any atom is -0.481 e. The van der Waals surface area contributed by atoms with E-state index in [2.05, 4.69) is 4.99 Å². The normalized spacial score (nSPS) is 18.0. The van der Waals surface area contributed by atoms with Crippen LogP contribution in [-0.4, -0.2) is 29.0 Å². The van der Waals surface area contributed by atoms with Crippen LogP contribution in [0.1, 0.15) is 24.8 Å². The molecule has 0 saturated carbocycles. The molecule has 1 aliphatic heterocycles. The summed E-state index contributed by atoms with van der Waals surface area (Å²) in [5.41, 5.74) is 1.15. The fourth-order valence-electron chi connectivity index (χ4n) is 1.89. The summed E-state index contributed by atoms with van der Waals surface area (Å²) < 4.78 is 5.05. The van der Waals surface area contributed by atoms with Gasteiger partial charge in [-0.3, -0.25) is 4.79 Å². The van der Waals surface area contributed by atoms with Crippen molar-refractivity contribution in [1.29, 1.82) is 0 Å². The highest BCUT2D eigenvalue weighted by Gasteiger charge is 2.28. The Morgan fingerprint density at radius 2 is 2.00 bits per heavy atom. The van der Waals surface area contributed by atoms with Crippen LogP contribution in [0.4, 0.5) is 0 Å². The average Bonchev–Trinajstić information content (AvgIpc) is 2.76.